The lowest BCUT2D eigenvalue weighted by Gasteiger charge is -2.33. The van der Waals surface area contributed by atoms with Crippen LogP contribution in [0.5, 0.6) is 11.5 Å². The third-order valence-electron chi connectivity index (χ3n) is 11.2. The standard InChI is InChI=1S/C54H35NO/c1-3-15-36(16-4-1)39-29-40(37-17-5-2-6-18-37)31-41(30-39)43-32-42(33-44(34-43)55-51-23-11-13-25-53(51)56-54-26-14-12-24-52(54)55)38-27-28-49-47-21-8-7-19-45(47)46-20-9-10-22-48(46)50(49)35-38/h1-35H. The summed E-state index contributed by atoms with van der Waals surface area (Å²) in [5.74, 6) is 1.67. The maximum absolute atomic E-state index is 6.47. The quantitative estimate of drug-likeness (QED) is 0.165. The topological polar surface area (TPSA) is 12.5 Å². The van der Waals surface area contributed by atoms with Gasteiger partial charge in [0.05, 0.1) is 11.4 Å². The largest absolute Gasteiger partial charge is 0.453 e. The molecule has 11 rings (SSSR count). The van der Waals surface area contributed by atoms with E-state index < -0.39 is 0 Å². The summed E-state index contributed by atoms with van der Waals surface area (Å²) in [6, 6.07) is 76.7. The molecule has 262 valence electrons. The van der Waals surface area contributed by atoms with Gasteiger partial charge < -0.3 is 9.64 Å². The van der Waals surface area contributed by atoms with E-state index in [9.17, 15) is 0 Å². The molecule has 1 heterocycles. The molecule has 0 fully saturated rings. The zero-order valence-corrected chi connectivity index (χ0v) is 30.6. The molecule has 10 aromatic carbocycles. The summed E-state index contributed by atoms with van der Waals surface area (Å²) < 4.78 is 6.47. The van der Waals surface area contributed by atoms with Gasteiger partial charge in [-0.1, -0.05) is 146 Å². The molecule has 0 aliphatic carbocycles. The fraction of sp³-hybridized carbons (Fsp3) is 0. The van der Waals surface area contributed by atoms with Gasteiger partial charge in [0.2, 0.25) is 0 Å². The van der Waals surface area contributed by atoms with Crippen molar-refractivity contribution in [1.29, 1.82) is 0 Å². The molecule has 2 heteroatoms. The van der Waals surface area contributed by atoms with Crippen LogP contribution in [0.15, 0.2) is 212 Å². The molecule has 10 aromatic rings. The normalized spacial score (nSPS) is 12.0. The molecular formula is C54H35NO. The van der Waals surface area contributed by atoms with Crippen molar-refractivity contribution in [1.82, 2.24) is 0 Å². The first-order valence-electron chi connectivity index (χ1n) is 19.2. The average Bonchev–Trinajstić information content (AvgIpc) is 3.28. The molecule has 0 saturated carbocycles. The number of ether oxygens (including phenoxy) is 1. The fourth-order valence-corrected chi connectivity index (χ4v) is 8.53. The summed E-state index contributed by atoms with van der Waals surface area (Å²) in [5, 5.41) is 7.61. The second-order valence-corrected chi connectivity index (χ2v) is 14.5. The summed E-state index contributed by atoms with van der Waals surface area (Å²) in [4.78, 5) is 2.35. The number of rotatable bonds is 5. The number of fused-ring (bicyclic) bond motifs is 8. The molecular weight excluding hydrogens is 679 g/mol. The predicted octanol–water partition coefficient (Wildman–Crippen LogP) is 15.4. The molecule has 2 nitrogen and oxygen atoms in total. The van der Waals surface area contributed by atoms with Gasteiger partial charge in [-0.25, -0.2) is 0 Å². The Morgan fingerprint density at radius 3 is 1.14 bits per heavy atom. The second kappa shape index (κ2) is 13.2. The average molecular weight is 714 g/mol. The van der Waals surface area contributed by atoms with Crippen LogP contribution in [-0.2, 0) is 0 Å². The van der Waals surface area contributed by atoms with Gasteiger partial charge in [-0.15, -0.1) is 0 Å². The molecule has 0 aromatic heterocycles. The Kier molecular flexibility index (Phi) is 7.53. The van der Waals surface area contributed by atoms with Gasteiger partial charge in [-0.2, -0.15) is 0 Å². The van der Waals surface area contributed by atoms with Gasteiger partial charge >= 0.3 is 0 Å². The third-order valence-corrected chi connectivity index (χ3v) is 11.2. The van der Waals surface area contributed by atoms with Gasteiger partial charge in [0.25, 0.3) is 0 Å². The van der Waals surface area contributed by atoms with Crippen LogP contribution in [-0.4, -0.2) is 0 Å². The summed E-state index contributed by atoms with van der Waals surface area (Å²) >= 11 is 0. The molecule has 0 unspecified atom stereocenters. The van der Waals surface area contributed by atoms with Gasteiger partial charge in [-0.3, -0.25) is 0 Å². The van der Waals surface area contributed by atoms with Crippen LogP contribution in [0.4, 0.5) is 17.1 Å². The van der Waals surface area contributed by atoms with E-state index in [0.717, 1.165) is 45.3 Å². The number of para-hydroxylation sites is 4. The van der Waals surface area contributed by atoms with E-state index in [1.54, 1.807) is 0 Å². The Morgan fingerprint density at radius 2 is 0.625 bits per heavy atom. The van der Waals surface area contributed by atoms with Crippen molar-refractivity contribution in [3.05, 3.63) is 212 Å². The summed E-state index contributed by atoms with van der Waals surface area (Å²) in [5.41, 5.74) is 12.4. The minimum Gasteiger partial charge on any atom is -0.453 e. The molecule has 0 atom stereocenters. The van der Waals surface area contributed by atoms with Gasteiger partial charge in [0.1, 0.15) is 0 Å². The molecule has 0 N–H and O–H groups in total. The third kappa shape index (κ3) is 5.42. The van der Waals surface area contributed by atoms with Gasteiger partial charge in [0, 0.05) is 5.69 Å². The number of anilines is 3. The molecule has 0 spiro atoms. The van der Waals surface area contributed by atoms with Crippen molar-refractivity contribution in [3.8, 4) is 56.0 Å². The Labute approximate surface area is 326 Å². The second-order valence-electron chi connectivity index (χ2n) is 14.5. The van der Waals surface area contributed by atoms with Crippen LogP contribution < -0.4 is 9.64 Å². The Bertz CT molecular complexity index is 2970. The lowest BCUT2D eigenvalue weighted by molar-refractivity contribution is 0.477. The van der Waals surface area contributed by atoms with E-state index in [1.165, 1.54) is 60.1 Å². The molecule has 0 bridgehead atoms. The molecule has 0 saturated heterocycles. The zero-order valence-electron chi connectivity index (χ0n) is 30.6. The highest BCUT2D eigenvalue weighted by Crippen LogP contribution is 2.51. The van der Waals surface area contributed by atoms with Crippen molar-refractivity contribution in [2.45, 2.75) is 0 Å². The monoisotopic (exact) mass is 713 g/mol. The van der Waals surface area contributed by atoms with E-state index in [4.69, 9.17) is 4.74 Å². The van der Waals surface area contributed by atoms with Gasteiger partial charge in [-0.05, 0) is 144 Å². The molecule has 0 radical (unpaired) electrons. The first kappa shape index (κ1) is 32.0. The first-order chi connectivity index (χ1) is 27.7. The Morgan fingerprint density at radius 1 is 0.250 bits per heavy atom. The zero-order chi connectivity index (χ0) is 37.0. The molecule has 0 amide bonds. The minimum absolute atomic E-state index is 0.833. The lowest BCUT2D eigenvalue weighted by atomic mass is 9.90. The van der Waals surface area contributed by atoms with Crippen LogP contribution in [0, 0.1) is 0 Å². The first-order valence-corrected chi connectivity index (χ1v) is 19.2. The molecule has 56 heavy (non-hydrogen) atoms. The van der Waals surface area contributed by atoms with Crippen LogP contribution in [0.3, 0.4) is 0 Å². The Balaban J connectivity index is 1.19. The van der Waals surface area contributed by atoms with Crippen LogP contribution in [0.1, 0.15) is 0 Å². The van der Waals surface area contributed by atoms with Crippen LogP contribution in [0.2, 0.25) is 0 Å². The van der Waals surface area contributed by atoms with Crippen molar-refractivity contribution in [3.63, 3.8) is 0 Å². The maximum atomic E-state index is 6.47. The van der Waals surface area contributed by atoms with E-state index >= 15 is 0 Å². The summed E-state index contributed by atoms with van der Waals surface area (Å²) in [6.07, 6.45) is 0. The van der Waals surface area contributed by atoms with Crippen molar-refractivity contribution in [2.75, 3.05) is 4.90 Å². The van der Waals surface area contributed by atoms with Crippen molar-refractivity contribution >= 4 is 49.4 Å². The highest BCUT2D eigenvalue weighted by Gasteiger charge is 2.26. The van der Waals surface area contributed by atoms with E-state index in [0.29, 0.717) is 0 Å². The van der Waals surface area contributed by atoms with Crippen molar-refractivity contribution < 1.29 is 4.74 Å². The van der Waals surface area contributed by atoms with Gasteiger partial charge in [0.15, 0.2) is 11.5 Å². The smallest absolute Gasteiger partial charge is 0.151 e. The molecule has 1 aliphatic rings. The van der Waals surface area contributed by atoms with E-state index in [-0.39, 0.29) is 0 Å². The highest BCUT2D eigenvalue weighted by molar-refractivity contribution is 6.25. The lowest BCUT2D eigenvalue weighted by Crippen LogP contribution is -2.15. The van der Waals surface area contributed by atoms with Crippen LogP contribution in [0.25, 0.3) is 76.8 Å². The summed E-state index contributed by atoms with van der Waals surface area (Å²) in [6.45, 7) is 0. The fourth-order valence-electron chi connectivity index (χ4n) is 8.53. The predicted molar refractivity (Wildman–Crippen MR) is 235 cm³/mol. The maximum Gasteiger partial charge on any atom is 0.151 e. The highest BCUT2D eigenvalue weighted by atomic mass is 16.5. The minimum atomic E-state index is 0.833. The van der Waals surface area contributed by atoms with Crippen molar-refractivity contribution in [2.24, 2.45) is 0 Å². The number of nitrogens with zero attached hydrogens (tertiary/aromatic N) is 1. The molecule has 1 aliphatic heterocycles. The van der Waals surface area contributed by atoms with E-state index in [2.05, 4.69) is 205 Å². The van der Waals surface area contributed by atoms with E-state index in [1.807, 2.05) is 12.1 Å². The number of hydrogen-bond donors (Lipinski definition) is 0. The van der Waals surface area contributed by atoms with Crippen LogP contribution >= 0.6 is 0 Å². The summed E-state index contributed by atoms with van der Waals surface area (Å²) in [7, 11) is 0. The SMILES string of the molecule is c1ccc(-c2cc(-c3ccccc3)cc(-c3cc(-c4ccc5c6ccccc6c6ccccc6c5c4)cc(N4c5ccccc5Oc5ccccc54)c3)c2)cc1. The number of hydrogen-bond acceptors (Lipinski definition) is 2. The number of benzene rings is 10. The Hall–Kier alpha value is -7.42.